The lowest BCUT2D eigenvalue weighted by Gasteiger charge is -2.15. The maximum atomic E-state index is 4.35. The minimum atomic E-state index is 0.707. The first-order valence-electron chi connectivity index (χ1n) is 3.79. The summed E-state index contributed by atoms with van der Waals surface area (Å²) in [4.78, 5) is 1.50. The topological polar surface area (TPSA) is 12.4 Å². The SMILES string of the molecule is CC1=NSC2=CCCCC21. The zero-order valence-corrected chi connectivity index (χ0v) is 6.95. The highest BCUT2D eigenvalue weighted by molar-refractivity contribution is 8.02. The van der Waals surface area contributed by atoms with Gasteiger partial charge in [0.05, 0.1) is 0 Å². The molecule has 0 fully saturated rings. The summed E-state index contributed by atoms with van der Waals surface area (Å²) in [5.74, 6) is 0.707. The standard InChI is InChI=1S/C8H11NS/c1-6-7-4-2-3-5-8(7)10-9-6/h5,7H,2-4H2,1H3. The Morgan fingerprint density at radius 2 is 2.60 bits per heavy atom. The summed E-state index contributed by atoms with van der Waals surface area (Å²) in [6, 6.07) is 0. The van der Waals surface area contributed by atoms with Gasteiger partial charge in [-0.3, -0.25) is 0 Å². The van der Waals surface area contributed by atoms with Crippen LogP contribution in [-0.4, -0.2) is 5.71 Å². The number of fused-ring (bicyclic) bond motifs is 1. The Hall–Kier alpha value is -0.240. The van der Waals surface area contributed by atoms with E-state index >= 15 is 0 Å². The highest BCUT2D eigenvalue weighted by Gasteiger charge is 2.25. The molecule has 1 unspecified atom stereocenters. The highest BCUT2D eigenvalue weighted by atomic mass is 32.2. The van der Waals surface area contributed by atoms with Crippen molar-refractivity contribution < 1.29 is 0 Å². The van der Waals surface area contributed by atoms with Crippen LogP contribution in [0.5, 0.6) is 0 Å². The molecular formula is C8H11NS. The lowest BCUT2D eigenvalue weighted by Crippen LogP contribution is -2.10. The zero-order valence-electron chi connectivity index (χ0n) is 6.13. The number of rotatable bonds is 0. The molecule has 1 atom stereocenters. The number of allylic oxidation sites excluding steroid dienone is 2. The van der Waals surface area contributed by atoms with E-state index in [2.05, 4.69) is 17.4 Å². The van der Waals surface area contributed by atoms with Crippen LogP contribution in [0, 0.1) is 5.92 Å². The van der Waals surface area contributed by atoms with E-state index in [4.69, 9.17) is 0 Å². The zero-order chi connectivity index (χ0) is 6.97. The van der Waals surface area contributed by atoms with Crippen LogP contribution in [0.25, 0.3) is 0 Å². The Bertz CT molecular complexity index is 205. The van der Waals surface area contributed by atoms with Crippen LogP contribution in [0.3, 0.4) is 0 Å². The van der Waals surface area contributed by atoms with Crippen molar-refractivity contribution in [1.82, 2.24) is 0 Å². The van der Waals surface area contributed by atoms with Gasteiger partial charge in [-0.2, -0.15) is 0 Å². The molecular weight excluding hydrogens is 142 g/mol. The molecule has 0 aromatic heterocycles. The van der Waals surface area contributed by atoms with Crippen molar-refractivity contribution in [2.75, 3.05) is 0 Å². The summed E-state index contributed by atoms with van der Waals surface area (Å²) < 4.78 is 4.35. The molecule has 0 bridgehead atoms. The molecule has 2 rings (SSSR count). The molecule has 2 heteroatoms. The monoisotopic (exact) mass is 153 g/mol. The first-order valence-corrected chi connectivity index (χ1v) is 4.57. The Balaban J connectivity index is 2.25. The third-order valence-electron chi connectivity index (χ3n) is 2.19. The third-order valence-corrected chi connectivity index (χ3v) is 3.23. The van der Waals surface area contributed by atoms with Crippen LogP contribution < -0.4 is 0 Å². The minimum absolute atomic E-state index is 0.707. The van der Waals surface area contributed by atoms with Crippen LogP contribution in [0.1, 0.15) is 26.2 Å². The molecule has 54 valence electrons. The predicted molar refractivity (Wildman–Crippen MR) is 46.1 cm³/mol. The second-order valence-electron chi connectivity index (χ2n) is 2.91. The Morgan fingerprint density at radius 1 is 1.70 bits per heavy atom. The second kappa shape index (κ2) is 2.42. The van der Waals surface area contributed by atoms with E-state index < -0.39 is 0 Å². The minimum Gasteiger partial charge on any atom is -0.220 e. The maximum Gasteiger partial charge on any atom is 0.0316 e. The number of nitrogens with zero attached hydrogens (tertiary/aromatic N) is 1. The first kappa shape index (κ1) is 6.47. The number of hydrogen-bond acceptors (Lipinski definition) is 2. The van der Waals surface area contributed by atoms with Crippen LogP contribution >= 0.6 is 11.9 Å². The van der Waals surface area contributed by atoms with Gasteiger partial charge in [-0.1, -0.05) is 6.08 Å². The van der Waals surface area contributed by atoms with Gasteiger partial charge in [-0.25, -0.2) is 4.40 Å². The van der Waals surface area contributed by atoms with Gasteiger partial charge >= 0.3 is 0 Å². The third kappa shape index (κ3) is 0.908. The van der Waals surface area contributed by atoms with Crippen LogP contribution in [-0.2, 0) is 0 Å². The van der Waals surface area contributed by atoms with Gasteiger partial charge in [0.2, 0.25) is 0 Å². The van der Waals surface area contributed by atoms with Gasteiger partial charge in [0.15, 0.2) is 0 Å². The fourth-order valence-electron chi connectivity index (χ4n) is 1.55. The molecule has 0 aromatic carbocycles. The summed E-state index contributed by atoms with van der Waals surface area (Å²) in [5.41, 5.74) is 1.33. The van der Waals surface area contributed by atoms with Gasteiger partial charge in [-0.15, -0.1) is 0 Å². The first-order chi connectivity index (χ1) is 4.88. The van der Waals surface area contributed by atoms with E-state index in [-0.39, 0.29) is 0 Å². The molecule has 0 saturated heterocycles. The molecule has 1 aliphatic carbocycles. The van der Waals surface area contributed by atoms with Crippen molar-refractivity contribution in [2.45, 2.75) is 26.2 Å². The molecule has 1 aliphatic heterocycles. The highest BCUT2D eigenvalue weighted by Crippen LogP contribution is 2.40. The lowest BCUT2D eigenvalue weighted by molar-refractivity contribution is 0.650. The summed E-state index contributed by atoms with van der Waals surface area (Å²) in [5, 5.41) is 0. The van der Waals surface area contributed by atoms with Crippen molar-refractivity contribution in [3.8, 4) is 0 Å². The molecule has 0 spiro atoms. The van der Waals surface area contributed by atoms with Crippen molar-refractivity contribution in [3.63, 3.8) is 0 Å². The van der Waals surface area contributed by atoms with E-state index in [1.807, 2.05) is 0 Å². The molecule has 0 N–H and O–H groups in total. The molecule has 0 radical (unpaired) electrons. The van der Waals surface area contributed by atoms with Crippen molar-refractivity contribution in [2.24, 2.45) is 10.3 Å². The molecule has 0 amide bonds. The van der Waals surface area contributed by atoms with E-state index in [1.165, 1.54) is 29.9 Å². The Labute approximate surface area is 65.7 Å². The lowest BCUT2D eigenvalue weighted by atomic mass is 9.92. The smallest absolute Gasteiger partial charge is 0.0316 e. The fourth-order valence-corrected chi connectivity index (χ4v) is 2.54. The van der Waals surface area contributed by atoms with Gasteiger partial charge in [-0.05, 0) is 26.2 Å². The number of hydrogen-bond donors (Lipinski definition) is 0. The molecule has 1 heterocycles. The Morgan fingerprint density at radius 3 is 3.40 bits per heavy atom. The molecule has 1 nitrogen and oxygen atoms in total. The summed E-state index contributed by atoms with van der Waals surface area (Å²) in [7, 11) is 0. The van der Waals surface area contributed by atoms with E-state index in [1.54, 1.807) is 11.9 Å². The molecule has 0 saturated carbocycles. The summed E-state index contributed by atoms with van der Waals surface area (Å²) >= 11 is 1.68. The van der Waals surface area contributed by atoms with Gasteiger partial charge < -0.3 is 0 Å². The molecule has 0 aromatic rings. The fraction of sp³-hybridized carbons (Fsp3) is 0.625. The largest absolute Gasteiger partial charge is 0.220 e. The molecule has 10 heavy (non-hydrogen) atoms. The average Bonchev–Trinajstić information content (AvgIpc) is 2.34. The van der Waals surface area contributed by atoms with Crippen molar-refractivity contribution >= 4 is 17.7 Å². The molecule has 2 aliphatic rings. The van der Waals surface area contributed by atoms with Gasteiger partial charge in [0.1, 0.15) is 0 Å². The Kier molecular flexibility index (Phi) is 1.57. The summed E-state index contributed by atoms with van der Waals surface area (Å²) in [6.45, 7) is 2.14. The summed E-state index contributed by atoms with van der Waals surface area (Å²) in [6.07, 6.45) is 6.29. The van der Waals surface area contributed by atoms with Crippen LogP contribution in [0.15, 0.2) is 15.4 Å². The van der Waals surface area contributed by atoms with Gasteiger partial charge in [0, 0.05) is 28.5 Å². The second-order valence-corrected chi connectivity index (χ2v) is 3.75. The van der Waals surface area contributed by atoms with Crippen LogP contribution in [0.4, 0.5) is 0 Å². The van der Waals surface area contributed by atoms with Crippen LogP contribution in [0.2, 0.25) is 0 Å². The van der Waals surface area contributed by atoms with Gasteiger partial charge in [0.25, 0.3) is 0 Å². The quantitative estimate of drug-likeness (QED) is 0.487. The van der Waals surface area contributed by atoms with Crippen molar-refractivity contribution in [3.05, 3.63) is 11.0 Å². The van der Waals surface area contributed by atoms with E-state index in [0.29, 0.717) is 5.92 Å². The van der Waals surface area contributed by atoms with E-state index in [9.17, 15) is 0 Å². The normalized spacial score (nSPS) is 31.1. The van der Waals surface area contributed by atoms with E-state index in [0.717, 1.165) is 0 Å². The maximum absolute atomic E-state index is 4.35. The van der Waals surface area contributed by atoms with Crippen molar-refractivity contribution in [1.29, 1.82) is 0 Å². The predicted octanol–water partition coefficient (Wildman–Crippen LogP) is 2.79. The average molecular weight is 153 g/mol.